The minimum atomic E-state index is -0.0413. The van der Waals surface area contributed by atoms with Crippen LogP contribution in [-0.4, -0.2) is 32.0 Å². The molecule has 0 spiro atoms. The number of nitrogens with two attached hydrogens (primary N) is 1. The number of hydrogen-bond donors (Lipinski definition) is 1. The van der Waals surface area contributed by atoms with Gasteiger partial charge in [-0.3, -0.25) is 0 Å². The molecule has 0 amide bonds. The zero-order chi connectivity index (χ0) is 15.5. The van der Waals surface area contributed by atoms with Crippen molar-refractivity contribution >= 4 is 15.9 Å². The minimum absolute atomic E-state index is 0.0413. The summed E-state index contributed by atoms with van der Waals surface area (Å²) in [6.45, 7) is 5.38. The highest BCUT2D eigenvalue weighted by Crippen LogP contribution is 2.38. The summed E-state index contributed by atoms with van der Waals surface area (Å²) < 4.78 is 18.2. The van der Waals surface area contributed by atoms with Crippen LogP contribution in [0.5, 0.6) is 11.5 Å². The monoisotopic (exact) mass is 357 g/mol. The van der Waals surface area contributed by atoms with E-state index in [4.69, 9.17) is 19.9 Å². The SMILES string of the molecule is COc1cc(CCN)cc(Br)c1OCC1CCC(C)(C)O1. The van der Waals surface area contributed by atoms with Crippen molar-refractivity contribution in [1.82, 2.24) is 0 Å². The Labute approximate surface area is 135 Å². The third-order valence-corrected chi connectivity index (χ3v) is 4.28. The molecule has 21 heavy (non-hydrogen) atoms. The summed E-state index contributed by atoms with van der Waals surface area (Å²) in [5, 5.41) is 0. The fraction of sp³-hybridized carbons (Fsp3) is 0.625. The Balaban J connectivity index is 2.05. The molecule has 0 saturated carbocycles. The molecule has 1 aromatic rings. The first-order chi connectivity index (χ1) is 9.95. The van der Waals surface area contributed by atoms with E-state index in [2.05, 4.69) is 29.8 Å². The van der Waals surface area contributed by atoms with Crippen LogP contribution in [0.15, 0.2) is 16.6 Å². The van der Waals surface area contributed by atoms with Gasteiger partial charge in [0.25, 0.3) is 0 Å². The fourth-order valence-electron chi connectivity index (χ4n) is 2.60. The fourth-order valence-corrected chi connectivity index (χ4v) is 3.20. The van der Waals surface area contributed by atoms with E-state index in [1.807, 2.05) is 12.1 Å². The zero-order valence-corrected chi connectivity index (χ0v) is 14.5. The number of benzene rings is 1. The topological polar surface area (TPSA) is 53.7 Å². The summed E-state index contributed by atoms with van der Waals surface area (Å²) in [4.78, 5) is 0. The molecule has 1 fully saturated rings. The van der Waals surface area contributed by atoms with Crippen LogP contribution >= 0.6 is 15.9 Å². The number of rotatable bonds is 6. The molecule has 2 rings (SSSR count). The first kappa shape index (κ1) is 16.6. The lowest BCUT2D eigenvalue weighted by Gasteiger charge is -2.20. The van der Waals surface area contributed by atoms with Gasteiger partial charge in [0, 0.05) is 0 Å². The molecule has 1 saturated heterocycles. The van der Waals surface area contributed by atoms with Gasteiger partial charge in [0.05, 0.1) is 23.3 Å². The molecule has 1 aromatic carbocycles. The van der Waals surface area contributed by atoms with E-state index in [0.29, 0.717) is 13.2 Å². The molecule has 5 heteroatoms. The number of methoxy groups -OCH3 is 1. The highest BCUT2D eigenvalue weighted by atomic mass is 79.9. The average Bonchev–Trinajstić information content (AvgIpc) is 2.77. The van der Waals surface area contributed by atoms with E-state index in [1.165, 1.54) is 0 Å². The summed E-state index contributed by atoms with van der Waals surface area (Å²) in [5.41, 5.74) is 6.69. The summed E-state index contributed by atoms with van der Waals surface area (Å²) in [6.07, 6.45) is 3.04. The quantitative estimate of drug-likeness (QED) is 0.848. The molecule has 0 radical (unpaired) electrons. The molecule has 1 heterocycles. The van der Waals surface area contributed by atoms with Gasteiger partial charge in [-0.15, -0.1) is 0 Å². The largest absolute Gasteiger partial charge is 0.493 e. The van der Waals surface area contributed by atoms with Crippen LogP contribution in [0.2, 0.25) is 0 Å². The van der Waals surface area contributed by atoms with Gasteiger partial charge in [-0.1, -0.05) is 0 Å². The normalized spacial score (nSPS) is 20.5. The van der Waals surface area contributed by atoms with E-state index >= 15 is 0 Å². The highest BCUT2D eigenvalue weighted by Gasteiger charge is 2.32. The molecule has 1 aliphatic rings. The van der Waals surface area contributed by atoms with E-state index in [1.54, 1.807) is 7.11 Å². The van der Waals surface area contributed by atoms with Crippen LogP contribution in [0, 0.1) is 0 Å². The van der Waals surface area contributed by atoms with Crippen molar-refractivity contribution in [1.29, 1.82) is 0 Å². The predicted octanol–water partition coefficient (Wildman–Crippen LogP) is 3.30. The van der Waals surface area contributed by atoms with Crippen LogP contribution < -0.4 is 15.2 Å². The molecule has 1 aliphatic heterocycles. The highest BCUT2D eigenvalue weighted by molar-refractivity contribution is 9.10. The Morgan fingerprint density at radius 2 is 2.19 bits per heavy atom. The van der Waals surface area contributed by atoms with Crippen molar-refractivity contribution in [3.8, 4) is 11.5 Å². The minimum Gasteiger partial charge on any atom is -0.493 e. The number of ether oxygens (including phenoxy) is 3. The Kier molecular flexibility index (Phi) is 5.52. The van der Waals surface area contributed by atoms with Gasteiger partial charge in [-0.05, 0) is 73.3 Å². The van der Waals surface area contributed by atoms with E-state index in [0.717, 1.165) is 40.8 Å². The molecule has 0 aliphatic carbocycles. The van der Waals surface area contributed by atoms with Crippen LogP contribution in [0.4, 0.5) is 0 Å². The van der Waals surface area contributed by atoms with E-state index in [9.17, 15) is 0 Å². The molecule has 1 atom stereocenters. The lowest BCUT2D eigenvalue weighted by atomic mass is 10.1. The molecule has 0 bridgehead atoms. The predicted molar refractivity (Wildman–Crippen MR) is 87.1 cm³/mol. The Hall–Kier alpha value is -0.780. The Morgan fingerprint density at radius 3 is 2.76 bits per heavy atom. The maximum atomic E-state index is 5.95. The Bertz CT molecular complexity index is 491. The van der Waals surface area contributed by atoms with E-state index < -0.39 is 0 Å². The summed E-state index contributed by atoms with van der Waals surface area (Å²) in [5.74, 6) is 1.46. The van der Waals surface area contributed by atoms with Crippen LogP contribution in [0.25, 0.3) is 0 Å². The van der Waals surface area contributed by atoms with E-state index in [-0.39, 0.29) is 11.7 Å². The molecule has 118 valence electrons. The zero-order valence-electron chi connectivity index (χ0n) is 12.9. The first-order valence-electron chi connectivity index (χ1n) is 7.32. The Morgan fingerprint density at radius 1 is 1.43 bits per heavy atom. The standard InChI is InChI=1S/C16H24BrNO3/c1-16(2)6-4-12(21-16)10-20-15-13(17)8-11(5-7-18)9-14(15)19-3/h8-9,12H,4-7,10,18H2,1-3H3. The van der Waals surface area contributed by atoms with Crippen molar-refractivity contribution in [2.24, 2.45) is 5.73 Å². The molecule has 4 nitrogen and oxygen atoms in total. The second kappa shape index (κ2) is 6.99. The van der Waals surface area contributed by atoms with Crippen molar-refractivity contribution in [3.05, 3.63) is 22.2 Å². The average molecular weight is 358 g/mol. The smallest absolute Gasteiger partial charge is 0.175 e. The summed E-state index contributed by atoms with van der Waals surface area (Å²) >= 11 is 3.55. The van der Waals surface area contributed by atoms with Gasteiger partial charge in [0.15, 0.2) is 11.5 Å². The third kappa shape index (κ3) is 4.34. The summed E-state index contributed by atoms with van der Waals surface area (Å²) in [6, 6.07) is 4.01. The lowest BCUT2D eigenvalue weighted by Crippen LogP contribution is -2.24. The van der Waals surface area contributed by atoms with Crippen molar-refractivity contribution in [2.45, 2.75) is 44.8 Å². The molecule has 1 unspecified atom stereocenters. The number of hydrogen-bond acceptors (Lipinski definition) is 4. The van der Waals surface area contributed by atoms with Crippen LogP contribution in [0.3, 0.4) is 0 Å². The van der Waals surface area contributed by atoms with Crippen LogP contribution in [-0.2, 0) is 11.2 Å². The summed E-state index contributed by atoms with van der Waals surface area (Å²) in [7, 11) is 1.65. The second-order valence-electron chi connectivity index (χ2n) is 6.00. The molecule has 0 aromatic heterocycles. The van der Waals surface area contributed by atoms with Gasteiger partial charge in [0.1, 0.15) is 6.61 Å². The van der Waals surface area contributed by atoms with Crippen molar-refractivity contribution in [3.63, 3.8) is 0 Å². The lowest BCUT2D eigenvalue weighted by molar-refractivity contribution is -0.0329. The second-order valence-corrected chi connectivity index (χ2v) is 6.85. The van der Waals surface area contributed by atoms with Gasteiger partial charge in [-0.2, -0.15) is 0 Å². The molecule has 2 N–H and O–H groups in total. The number of halogens is 1. The van der Waals surface area contributed by atoms with Gasteiger partial charge in [0.2, 0.25) is 0 Å². The van der Waals surface area contributed by atoms with Crippen molar-refractivity contribution < 1.29 is 14.2 Å². The maximum absolute atomic E-state index is 5.95. The molecular weight excluding hydrogens is 334 g/mol. The first-order valence-corrected chi connectivity index (χ1v) is 8.11. The third-order valence-electron chi connectivity index (χ3n) is 3.69. The van der Waals surface area contributed by atoms with Gasteiger partial charge < -0.3 is 19.9 Å². The van der Waals surface area contributed by atoms with Gasteiger partial charge >= 0.3 is 0 Å². The van der Waals surface area contributed by atoms with Crippen LogP contribution in [0.1, 0.15) is 32.3 Å². The van der Waals surface area contributed by atoms with Crippen molar-refractivity contribution in [2.75, 3.05) is 20.3 Å². The van der Waals surface area contributed by atoms with Gasteiger partial charge in [-0.25, -0.2) is 0 Å². The molecular formula is C16H24BrNO3. The maximum Gasteiger partial charge on any atom is 0.175 e.